The van der Waals surface area contributed by atoms with Crippen molar-refractivity contribution in [3.8, 4) is 5.69 Å². The third-order valence-corrected chi connectivity index (χ3v) is 4.01. The van der Waals surface area contributed by atoms with Crippen LogP contribution in [-0.2, 0) is 6.42 Å². The topological polar surface area (TPSA) is 25.2 Å². The van der Waals surface area contributed by atoms with Crippen molar-refractivity contribution in [2.24, 2.45) is 5.41 Å². The van der Waals surface area contributed by atoms with Crippen LogP contribution in [0.5, 0.6) is 0 Å². The molecule has 112 valence electrons. The highest BCUT2D eigenvalue weighted by Crippen LogP contribution is 2.42. The molecule has 0 aliphatic heterocycles. The number of halogens is 3. The molecule has 0 bridgehead atoms. The largest absolute Gasteiger partial charge is 0.388 e. The van der Waals surface area contributed by atoms with Gasteiger partial charge in [-0.15, -0.1) is 0 Å². The van der Waals surface area contributed by atoms with E-state index >= 15 is 0 Å². The van der Waals surface area contributed by atoms with E-state index in [9.17, 15) is 18.3 Å². The summed E-state index contributed by atoms with van der Waals surface area (Å²) in [5.74, 6) is -3.14. The third-order valence-electron chi connectivity index (χ3n) is 4.01. The summed E-state index contributed by atoms with van der Waals surface area (Å²) < 4.78 is 42.2. The highest BCUT2D eigenvalue weighted by atomic mass is 19.2. The second-order valence-electron chi connectivity index (χ2n) is 6.37. The van der Waals surface area contributed by atoms with Crippen LogP contribution >= 0.6 is 0 Å². The number of rotatable bonds is 1. The predicted molar refractivity (Wildman–Crippen MR) is 72.7 cm³/mol. The molecule has 1 atom stereocenters. The lowest BCUT2D eigenvalue weighted by Crippen LogP contribution is -2.26. The lowest BCUT2D eigenvalue weighted by molar-refractivity contribution is 0.0986. The lowest BCUT2D eigenvalue weighted by atomic mass is 9.75. The maximum absolute atomic E-state index is 14.0. The Labute approximate surface area is 120 Å². The summed E-state index contributed by atoms with van der Waals surface area (Å²) >= 11 is 0. The van der Waals surface area contributed by atoms with E-state index < -0.39 is 23.6 Å². The van der Waals surface area contributed by atoms with Crippen LogP contribution in [0.2, 0.25) is 0 Å². The van der Waals surface area contributed by atoms with Crippen LogP contribution in [0.4, 0.5) is 13.2 Å². The zero-order chi connectivity index (χ0) is 15.4. The standard InChI is InChI=1S/C16H16F3NO/c1-16(2)7-13-10(14(21)8-16)3-4-20(13)12-6-9(17)5-11(18)15(12)19/h3-6,14,21H,7-8H2,1-2H3. The van der Waals surface area contributed by atoms with E-state index in [2.05, 4.69) is 0 Å². The van der Waals surface area contributed by atoms with Crippen LogP contribution in [-0.4, -0.2) is 9.67 Å². The number of hydrogen-bond acceptors (Lipinski definition) is 1. The minimum absolute atomic E-state index is 0.162. The maximum Gasteiger partial charge on any atom is 0.182 e. The summed E-state index contributed by atoms with van der Waals surface area (Å²) in [5, 5.41) is 10.2. The van der Waals surface area contributed by atoms with Gasteiger partial charge in [-0.3, -0.25) is 0 Å². The van der Waals surface area contributed by atoms with Gasteiger partial charge in [-0.2, -0.15) is 0 Å². The highest BCUT2D eigenvalue weighted by Gasteiger charge is 2.34. The summed E-state index contributed by atoms with van der Waals surface area (Å²) in [6.07, 6.45) is 2.10. The molecule has 0 amide bonds. The Balaban J connectivity index is 2.19. The van der Waals surface area contributed by atoms with Crippen LogP contribution < -0.4 is 0 Å². The SMILES string of the molecule is CC1(C)Cc2c(ccn2-c2cc(F)cc(F)c2F)C(O)C1. The molecule has 0 radical (unpaired) electrons. The minimum atomic E-state index is -1.22. The first-order chi connectivity index (χ1) is 9.78. The van der Waals surface area contributed by atoms with Crippen molar-refractivity contribution in [2.45, 2.75) is 32.8 Å². The molecule has 1 unspecified atom stereocenters. The molecule has 1 heterocycles. The second kappa shape index (κ2) is 4.63. The van der Waals surface area contributed by atoms with E-state index in [4.69, 9.17) is 0 Å². The number of nitrogens with zero attached hydrogens (tertiary/aromatic N) is 1. The van der Waals surface area contributed by atoms with Crippen molar-refractivity contribution in [1.82, 2.24) is 4.57 Å². The Bertz CT molecular complexity index is 706. The van der Waals surface area contributed by atoms with Gasteiger partial charge in [-0.25, -0.2) is 13.2 Å². The molecule has 3 rings (SSSR count). The Morgan fingerprint density at radius 3 is 2.67 bits per heavy atom. The number of fused-ring (bicyclic) bond motifs is 1. The number of aromatic nitrogens is 1. The van der Waals surface area contributed by atoms with E-state index in [1.165, 1.54) is 4.57 Å². The van der Waals surface area contributed by atoms with Gasteiger partial charge in [0.1, 0.15) is 5.82 Å². The Morgan fingerprint density at radius 2 is 1.95 bits per heavy atom. The summed E-state index contributed by atoms with van der Waals surface area (Å²) in [5.41, 5.74) is 1.06. The van der Waals surface area contributed by atoms with E-state index in [0.29, 0.717) is 30.2 Å². The van der Waals surface area contributed by atoms with E-state index in [1.54, 1.807) is 12.3 Å². The second-order valence-corrected chi connectivity index (χ2v) is 6.37. The number of aliphatic hydroxyl groups is 1. The molecular formula is C16H16F3NO. The molecule has 21 heavy (non-hydrogen) atoms. The van der Waals surface area contributed by atoms with Gasteiger partial charge in [0.25, 0.3) is 0 Å². The predicted octanol–water partition coefficient (Wildman–Crippen LogP) is 3.90. The monoisotopic (exact) mass is 295 g/mol. The van der Waals surface area contributed by atoms with Crippen molar-refractivity contribution in [2.75, 3.05) is 0 Å². The van der Waals surface area contributed by atoms with Crippen molar-refractivity contribution in [1.29, 1.82) is 0 Å². The first-order valence-electron chi connectivity index (χ1n) is 6.81. The van der Waals surface area contributed by atoms with Gasteiger partial charge in [0.15, 0.2) is 11.6 Å². The molecule has 1 aromatic heterocycles. The maximum atomic E-state index is 14.0. The van der Waals surface area contributed by atoms with Gasteiger partial charge >= 0.3 is 0 Å². The number of hydrogen-bond donors (Lipinski definition) is 1. The van der Waals surface area contributed by atoms with Gasteiger partial charge in [0.05, 0.1) is 11.8 Å². The van der Waals surface area contributed by atoms with Gasteiger partial charge in [-0.05, 0) is 24.3 Å². The van der Waals surface area contributed by atoms with Crippen molar-refractivity contribution < 1.29 is 18.3 Å². The van der Waals surface area contributed by atoms with Gasteiger partial charge in [-0.1, -0.05) is 13.8 Å². The van der Waals surface area contributed by atoms with Crippen LogP contribution in [0.3, 0.4) is 0 Å². The third kappa shape index (κ3) is 2.35. The molecule has 0 saturated carbocycles. The van der Waals surface area contributed by atoms with Crippen molar-refractivity contribution >= 4 is 0 Å². The summed E-state index contributed by atoms with van der Waals surface area (Å²) in [6.45, 7) is 4.00. The molecule has 1 aliphatic carbocycles. The lowest BCUT2D eigenvalue weighted by Gasteiger charge is -2.34. The molecule has 0 saturated heterocycles. The van der Waals surface area contributed by atoms with Gasteiger partial charge in [0.2, 0.25) is 0 Å². The molecule has 1 N–H and O–H groups in total. The summed E-state index contributed by atoms with van der Waals surface area (Å²) in [6, 6.07) is 3.16. The molecule has 0 spiro atoms. The Kier molecular flexibility index (Phi) is 3.13. The van der Waals surface area contributed by atoms with Gasteiger partial charge < -0.3 is 9.67 Å². The first kappa shape index (κ1) is 14.2. The van der Waals surface area contributed by atoms with Crippen LogP contribution in [0.25, 0.3) is 5.69 Å². The average Bonchev–Trinajstić information content (AvgIpc) is 2.76. The Morgan fingerprint density at radius 1 is 1.24 bits per heavy atom. The van der Waals surface area contributed by atoms with Crippen LogP contribution in [0.15, 0.2) is 24.4 Å². The quantitative estimate of drug-likeness (QED) is 0.793. The Hall–Kier alpha value is -1.75. The fraction of sp³-hybridized carbons (Fsp3) is 0.375. The molecule has 5 heteroatoms. The fourth-order valence-corrected chi connectivity index (χ4v) is 3.07. The zero-order valence-electron chi connectivity index (χ0n) is 11.8. The normalized spacial score (nSPS) is 20.4. The average molecular weight is 295 g/mol. The number of benzene rings is 1. The molecule has 0 fully saturated rings. The van der Waals surface area contributed by atoms with Crippen molar-refractivity contribution in [3.05, 3.63) is 53.1 Å². The van der Waals surface area contributed by atoms with Gasteiger partial charge in [0, 0.05) is 29.6 Å². The van der Waals surface area contributed by atoms with Crippen LogP contribution in [0.1, 0.15) is 37.6 Å². The fourth-order valence-electron chi connectivity index (χ4n) is 3.07. The number of aliphatic hydroxyl groups excluding tert-OH is 1. The van der Waals surface area contributed by atoms with Crippen molar-refractivity contribution in [3.63, 3.8) is 0 Å². The van der Waals surface area contributed by atoms with E-state index in [1.807, 2.05) is 13.8 Å². The van der Waals surface area contributed by atoms with E-state index in [-0.39, 0.29) is 11.1 Å². The smallest absolute Gasteiger partial charge is 0.182 e. The molecular weight excluding hydrogens is 279 g/mol. The molecule has 1 aromatic carbocycles. The zero-order valence-corrected chi connectivity index (χ0v) is 11.8. The summed E-state index contributed by atoms with van der Waals surface area (Å²) in [7, 11) is 0. The molecule has 2 nitrogen and oxygen atoms in total. The summed E-state index contributed by atoms with van der Waals surface area (Å²) in [4.78, 5) is 0. The molecule has 2 aromatic rings. The molecule has 1 aliphatic rings. The minimum Gasteiger partial charge on any atom is -0.388 e. The highest BCUT2D eigenvalue weighted by molar-refractivity contribution is 5.42. The van der Waals surface area contributed by atoms with E-state index in [0.717, 1.165) is 6.07 Å². The van der Waals surface area contributed by atoms with Crippen LogP contribution in [0, 0.1) is 22.9 Å². The first-order valence-corrected chi connectivity index (χ1v) is 6.81.